The van der Waals surface area contributed by atoms with Crippen LogP contribution in [0.15, 0.2) is 48.5 Å². The number of amides is 2. The quantitative estimate of drug-likeness (QED) is 0.570. The van der Waals surface area contributed by atoms with Crippen LogP contribution in [0.1, 0.15) is 29.8 Å². The van der Waals surface area contributed by atoms with Gasteiger partial charge in [-0.05, 0) is 37.6 Å². The molecule has 0 bridgehead atoms. The van der Waals surface area contributed by atoms with Gasteiger partial charge >= 0.3 is 5.97 Å². The Morgan fingerprint density at radius 2 is 1.71 bits per heavy atom. The third-order valence-corrected chi connectivity index (χ3v) is 4.30. The summed E-state index contributed by atoms with van der Waals surface area (Å²) in [7, 11) is 1.41. The molecule has 2 N–H and O–H groups in total. The van der Waals surface area contributed by atoms with Gasteiger partial charge in [0, 0.05) is 5.02 Å². The Bertz CT molecular complexity index is 868. The SMILES string of the molecule is COc1ccc(Cl)cc1C(=O)NNC(=O)COC(=O)C(C)(C)c1ccccc1. The molecule has 0 aliphatic rings. The Kier molecular flexibility index (Phi) is 7.00. The summed E-state index contributed by atoms with van der Waals surface area (Å²) in [6.07, 6.45) is 0. The van der Waals surface area contributed by atoms with Crippen LogP contribution >= 0.6 is 11.6 Å². The second-order valence-corrected chi connectivity index (χ2v) is 6.85. The first kappa shape index (κ1) is 21.2. The molecule has 2 aromatic carbocycles. The third kappa shape index (κ3) is 5.23. The van der Waals surface area contributed by atoms with Crippen molar-refractivity contribution >= 4 is 29.4 Å². The van der Waals surface area contributed by atoms with Crippen LogP contribution in [0.2, 0.25) is 5.02 Å². The number of nitrogens with one attached hydrogen (secondary N) is 2. The number of carbonyl (C=O) groups is 3. The highest BCUT2D eigenvalue weighted by Crippen LogP contribution is 2.24. The average molecular weight is 405 g/mol. The van der Waals surface area contributed by atoms with Gasteiger partial charge in [0.25, 0.3) is 11.8 Å². The topological polar surface area (TPSA) is 93.7 Å². The van der Waals surface area contributed by atoms with E-state index < -0.39 is 29.8 Å². The van der Waals surface area contributed by atoms with Gasteiger partial charge in [0.2, 0.25) is 0 Å². The number of esters is 1. The summed E-state index contributed by atoms with van der Waals surface area (Å²) >= 11 is 5.88. The number of rotatable bonds is 6. The first-order valence-corrected chi connectivity index (χ1v) is 8.79. The lowest BCUT2D eigenvalue weighted by molar-refractivity contribution is -0.153. The predicted octanol–water partition coefficient (Wildman–Crippen LogP) is 2.63. The van der Waals surface area contributed by atoms with E-state index in [0.717, 1.165) is 5.56 Å². The van der Waals surface area contributed by atoms with Crippen LogP contribution in [-0.4, -0.2) is 31.5 Å². The maximum absolute atomic E-state index is 12.3. The summed E-state index contributed by atoms with van der Waals surface area (Å²) in [6.45, 7) is 2.87. The lowest BCUT2D eigenvalue weighted by Gasteiger charge is -2.22. The molecular formula is C20H21ClN2O5. The zero-order valence-electron chi connectivity index (χ0n) is 15.7. The first-order chi connectivity index (χ1) is 13.3. The molecule has 2 rings (SSSR count). The molecule has 0 fully saturated rings. The fraction of sp³-hybridized carbons (Fsp3) is 0.250. The van der Waals surface area contributed by atoms with Crippen molar-refractivity contribution < 1.29 is 23.9 Å². The second-order valence-electron chi connectivity index (χ2n) is 6.41. The number of carbonyl (C=O) groups excluding carboxylic acids is 3. The molecule has 0 saturated heterocycles. The lowest BCUT2D eigenvalue weighted by Crippen LogP contribution is -2.44. The Hall–Kier alpha value is -3.06. The van der Waals surface area contributed by atoms with Gasteiger partial charge in [0.1, 0.15) is 5.75 Å². The molecule has 28 heavy (non-hydrogen) atoms. The van der Waals surface area contributed by atoms with Gasteiger partial charge in [-0.3, -0.25) is 25.2 Å². The van der Waals surface area contributed by atoms with Gasteiger partial charge in [-0.25, -0.2) is 0 Å². The van der Waals surface area contributed by atoms with Gasteiger partial charge in [-0.1, -0.05) is 41.9 Å². The largest absolute Gasteiger partial charge is 0.496 e. The number of halogens is 1. The van der Waals surface area contributed by atoms with Crippen LogP contribution in [0.25, 0.3) is 0 Å². The Balaban J connectivity index is 1.88. The van der Waals surface area contributed by atoms with E-state index in [9.17, 15) is 14.4 Å². The van der Waals surface area contributed by atoms with Crippen LogP contribution in [0.4, 0.5) is 0 Å². The number of hydrazine groups is 1. The van der Waals surface area contributed by atoms with E-state index in [-0.39, 0.29) is 5.56 Å². The summed E-state index contributed by atoms with van der Waals surface area (Å²) in [6, 6.07) is 13.6. The summed E-state index contributed by atoms with van der Waals surface area (Å²) < 4.78 is 10.2. The molecule has 0 aliphatic carbocycles. The first-order valence-electron chi connectivity index (χ1n) is 8.41. The highest BCUT2D eigenvalue weighted by atomic mass is 35.5. The number of ether oxygens (including phenoxy) is 2. The lowest BCUT2D eigenvalue weighted by atomic mass is 9.85. The van der Waals surface area contributed by atoms with Crippen molar-refractivity contribution in [3.05, 3.63) is 64.7 Å². The molecule has 0 aromatic heterocycles. The van der Waals surface area contributed by atoms with Crippen LogP contribution in [0.5, 0.6) is 5.75 Å². The van der Waals surface area contributed by atoms with Gasteiger partial charge in [-0.2, -0.15) is 0 Å². The third-order valence-electron chi connectivity index (χ3n) is 4.06. The summed E-state index contributed by atoms with van der Waals surface area (Å²) in [5.41, 5.74) is 4.41. The molecule has 2 amide bonds. The van der Waals surface area contributed by atoms with E-state index in [0.29, 0.717) is 10.8 Å². The smallest absolute Gasteiger partial charge is 0.316 e. The monoisotopic (exact) mass is 404 g/mol. The fourth-order valence-electron chi connectivity index (χ4n) is 2.37. The van der Waals surface area contributed by atoms with Crippen LogP contribution in [0.3, 0.4) is 0 Å². The fourth-order valence-corrected chi connectivity index (χ4v) is 2.54. The molecule has 0 unspecified atom stereocenters. The van der Waals surface area contributed by atoms with E-state index in [1.165, 1.54) is 19.2 Å². The van der Waals surface area contributed by atoms with E-state index >= 15 is 0 Å². The zero-order chi connectivity index (χ0) is 20.7. The summed E-state index contributed by atoms with van der Waals surface area (Å²) in [5.74, 6) is -1.57. The molecule has 8 heteroatoms. The maximum atomic E-state index is 12.3. The molecule has 0 spiro atoms. The van der Waals surface area contributed by atoms with Crippen LogP contribution in [0, 0.1) is 0 Å². The van der Waals surface area contributed by atoms with Gasteiger partial charge < -0.3 is 9.47 Å². The Morgan fingerprint density at radius 3 is 2.36 bits per heavy atom. The van der Waals surface area contributed by atoms with E-state index in [2.05, 4.69) is 10.9 Å². The predicted molar refractivity (Wildman–Crippen MR) is 104 cm³/mol. The standard InChI is InChI=1S/C20H21ClN2O5/c1-20(2,13-7-5-4-6-8-13)19(26)28-12-17(24)22-23-18(25)15-11-14(21)9-10-16(15)27-3/h4-11H,12H2,1-3H3,(H,22,24)(H,23,25). The molecule has 0 radical (unpaired) electrons. The van der Waals surface area contributed by atoms with Crippen molar-refractivity contribution in [3.8, 4) is 5.75 Å². The zero-order valence-corrected chi connectivity index (χ0v) is 16.5. The van der Waals surface area contributed by atoms with Crippen molar-refractivity contribution in [1.82, 2.24) is 10.9 Å². The number of methoxy groups -OCH3 is 1. The van der Waals surface area contributed by atoms with Crippen molar-refractivity contribution in [1.29, 1.82) is 0 Å². The van der Waals surface area contributed by atoms with Crippen LogP contribution in [-0.2, 0) is 19.7 Å². The number of hydrogen-bond donors (Lipinski definition) is 2. The molecule has 0 saturated carbocycles. The maximum Gasteiger partial charge on any atom is 0.316 e. The van der Waals surface area contributed by atoms with Crippen molar-refractivity contribution in [2.24, 2.45) is 0 Å². The highest BCUT2D eigenvalue weighted by Gasteiger charge is 2.31. The van der Waals surface area contributed by atoms with E-state index in [4.69, 9.17) is 21.1 Å². The van der Waals surface area contributed by atoms with E-state index in [1.54, 1.807) is 32.0 Å². The molecule has 0 atom stereocenters. The second kappa shape index (κ2) is 9.23. The van der Waals surface area contributed by atoms with Crippen LogP contribution < -0.4 is 15.6 Å². The Morgan fingerprint density at radius 1 is 1.04 bits per heavy atom. The molecule has 0 heterocycles. The Labute approximate surface area is 167 Å². The average Bonchev–Trinajstić information content (AvgIpc) is 2.70. The van der Waals surface area contributed by atoms with Gasteiger partial charge in [-0.15, -0.1) is 0 Å². The minimum Gasteiger partial charge on any atom is -0.496 e. The molecule has 7 nitrogen and oxygen atoms in total. The van der Waals surface area contributed by atoms with Crippen molar-refractivity contribution in [2.75, 3.05) is 13.7 Å². The summed E-state index contributed by atoms with van der Waals surface area (Å²) in [4.78, 5) is 36.4. The highest BCUT2D eigenvalue weighted by molar-refractivity contribution is 6.31. The van der Waals surface area contributed by atoms with Gasteiger partial charge in [0.05, 0.1) is 18.1 Å². The number of hydrogen-bond acceptors (Lipinski definition) is 5. The van der Waals surface area contributed by atoms with Crippen molar-refractivity contribution in [2.45, 2.75) is 19.3 Å². The molecule has 148 valence electrons. The molecule has 0 aliphatic heterocycles. The van der Waals surface area contributed by atoms with Crippen molar-refractivity contribution in [3.63, 3.8) is 0 Å². The van der Waals surface area contributed by atoms with Gasteiger partial charge in [0.15, 0.2) is 6.61 Å². The number of benzene rings is 2. The molecule has 2 aromatic rings. The van der Waals surface area contributed by atoms with E-state index in [1.807, 2.05) is 18.2 Å². The summed E-state index contributed by atoms with van der Waals surface area (Å²) in [5, 5.41) is 0.342. The minimum absolute atomic E-state index is 0.150. The molecular weight excluding hydrogens is 384 g/mol. The normalized spacial score (nSPS) is 10.7. The minimum atomic E-state index is -0.918.